The second kappa shape index (κ2) is 89.3. The molecule has 0 atom stereocenters. The third-order valence-electron chi connectivity index (χ3n) is 0. The maximum Gasteiger partial charge on any atom is 1.00 e. The first-order valence-corrected chi connectivity index (χ1v) is 0.894. The van der Waals surface area contributed by atoms with Crippen molar-refractivity contribution in [3.8, 4) is 0 Å². The molecule has 0 heterocycles. The molecule has 0 aromatic carbocycles. The molecule has 0 saturated heterocycles. The molecule has 5 heavy (non-hydrogen) atoms. The quantitative estimate of drug-likeness (QED) is 0.298. The number of hydrogen-bond donors (Lipinski definition) is 2. The summed E-state index contributed by atoms with van der Waals surface area (Å²) in [5.74, 6) is 0. The number of rotatable bonds is 0. The molecule has 0 aromatic rings. The van der Waals surface area contributed by atoms with Crippen LogP contribution in [0.4, 0.5) is 0 Å². The van der Waals surface area contributed by atoms with Crippen molar-refractivity contribution in [3.05, 3.63) is 0 Å². The standard InChI is InChI=1S/2CH4O.Na/c2*1-2;/h2*2H,1H3;/q;;+1. The van der Waals surface area contributed by atoms with Gasteiger partial charge in [0.25, 0.3) is 0 Å². The molecule has 2 nitrogen and oxygen atoms in total. The average molecular weight is 87.1 g/mol. The number of aliphatic hydroxyl groups is 2. The first kappa shape index (κ1) is 16.8. The van der Waals surface area contributed by atoms with Crippen LogP contribution in [0.2, 0.25) is 0 Å². The van der Waals surface area contributed by atoms with E-state index in [2.05, 4.69) is 0 Å². The van der Waals surface area contributed by atoms with E-state index in [1.807, 2.05) is 0 Å². The van der Waals surface area contributed by atoms with Crippen LogP contribution >= 0.6 is 0 Å². The molecule has 28 valence electrons. The number of aliphatic hydroxyl groups excluding tert-OH is 2. The minimum Gasteiger partial charge on any atom is -0.400 e. The van der Waals surface area contributed by atoms with Crippen LogP contribution in [0, 0.1) is 0 Å². The van der Waals surface area contributed by atoms with E-state index in [-0.39, 0.29) is 29.6 Å². The van der Waals surface area contributed by atoms with Crippen LogP contribution < -0.4 is 29.6 Å². The Hall–Kier alpha value is 0.920. The van der Waals surface area contributed by atoms with Gasteiger partial charge in [0.2, 0.25) is 0 Å². The molecule has 0 radical (unpaired) electrons. The molecule has 0 aliphatic heterocycles. The van der Waals surface area contributed by atoms with Crippen molar-refractivity contribution < 1.29 is 39.8 Å². The summed E-state index contributed by atoms with van der Waals surface area (Å²) >= 11 is 0. The zero-order valence-electron chi connectivity index (χ0n) is 3.89. The molecule has 3 heteroatoms. The third-order valence-corrected chi connectivity index (χ3v) is 0. The first-order chi connectivity index (χ1) is 2.00. The molecule has 0 spiro atoms. The van der Waals surface area contributed by atoms with Gasteiger partial charge < -0.3 is 10.2 Å². The largest absolute Gasteiger partial charge is 1.00 e. The Morgan fingerprint density at radius 2 is 0.800 bits per heavy atom. The fourth-order valence-electron chi connectivity index (χ4n) is 0. The van der Waals surface area contributed by atoms with Gasteiger partial charge in [-0.15, -0.1) is 0 Å². The van der Waals surface area contributed by atoms with Gasteiger partial charge in [0, 0.05) is 14.2 Å². The van der Waals surface area contributed by atoms with Crippen LogP contribution in [0.15, 0.2) is 0 Å². The maximum absolute atomic E-state index is 7.00. The van der Waals surface area contributed by atoms with Crippen molar-refractivity contribution in [2.45, 2.75) is 0 Å². The minimum atomic E-state index is 0. The number of hydrogen-bond acceptors (Lipinski definition) is 2. The predicted octanol–water partition coefficient (Wildman–Crippen LogP) is -3.78. The summed E-state index contributed by atoms with van der Waals surface area (Å²) in [7, 11) is 2.00. The summed E-state index contributed by atoms with van der Waals surface area (Å²) in [6.45, 7) is 0. The molecule has 2 N–H and O–H groups in total. The Kier molecular flexibility index (Phi) is 300. The van der Waals surface area contributed by atoms with Gasteiger partial charge in [-0.05, 0) is 0 Å². The zero-order chi connectivity index (χ0) is 4.00. The topological polar surface area (TPSA) is 40.5 Å². The predicted molar refractivity (Wildman–Crippen MR) is 16.3 cm³/mol. The summed E-state index contributed by atoms with van der Waals surface area (Å²) in [6, 6.07) is 0. The van der Waals surface area contributed by atoms with Crippen LogP contribution in [-0.4, -0.2) is 24.4 Å². The smallest absolute Gasteiger partial charge is 0.400 e. The van der Waals surface area contributed by atoms with Gasteiger partial charge in [-0.2, -0.15) is 0 Å². The van der Waals surface area contributed by atoms with Crippen LogP contribution in [0.1, 0.15) is 0 Å². The Morgan fingerprint density at radius 3 is 0.800 bits per heavy atom. The van der Waals surface area contributed by atoms with Crippen molar-refractivity contribution in [3.63, 3.8) is 0 Å². The summed E-state index contributed by atoms with van der Waals surface area (Å²) in [6.07, 6.45) is 0. The monoisotopic (exact) mass is 87.0 g/mol. The van der Waals surface area contributed by atoms with Gasteiger partial charge in [0.15, 0.2) is 0 Å². The van der Waals surface area contributed by atoms with Gasteiger partial charge >= 0.3 is 29.6 Å². The summed E-state index contributed by atoms with van der Waals surface area (Å²) < 4.78 is 0. The van der Waals surface area contributed by atoms with E-state index in [9.17, 15) is 0 Å². The Morgan fingerprint density at radius 1 is 0.800 bits per heavy atom. The van der Waals surface area contributed by atoms with E-state index in [0.717, 1.165) is 14.2 Å². The molecule has 0 rings (SSSR count). The fourth-order valence-corrected chi connectivity index (χ4v) is 0. The van der Waals surface area contributed by atoms with Crippen molar-refractivity contribution in [2.75, 3.05) is 14.2 Å². The average Bonchev–Trinajstić information content (AvgIpc) is 1.50. The van der Waals surface area contributed by atoms with E-state index >= 15 is 0 Å². The van der Waals surface area contributed by atoms with Crippen LogP contribution in [0.5, 0.6) is 0 Å². The van der Waals surface area contributed by atoms with Gasteiger partial charge in [0.1, 0.15) is 0 Å². The summed E-state index contributed by atoms with van der Waals surface area (Å²) in [4.78, 5) is 0. The van der Waals surface area contributed by atoms with E-state index in [1.54, 1.807) is 0 Å². The Bertz CT molecular complexity index is 7.61. The summed E-state index contributed by atoms with van der Waals surface area (Å²) in [5.41, 5.74) is 0. The molecule has 0 aromatic heterocycles. The Labute approximate surface area is 54.1 Å². The molecule has 0 amide bonds. The van der Waals surface area contributed by atoms with Gasteiger partial charge in [0.05, 0.1) is 0 Å². The van der Waals surface area contributed by atoms with E-state index in [0.29, 0.717) is 0 Å². The van der Waals surface area contributed by atoms with Gasteiger partial charge in [-0.25, -0.2) is 0 Å². The van der Waals surface area contributed by atoms with E-state index < -0.39 is 0 Å². The third kappa shape index (κ3) is 49.6. The molecule has 0 bridgehead atoms. The molecular formula is C2H8NaO2+. The minimum absolute atomic E-state index is 0. The van der Waals surface area contributed by atoms with Crippen LogP contribution in [0.3, 0.4) is 0 Å². The molecule has 0 fully saturated rings. The second-order valence-corrected chi connectivity index (χ2v) is 0. The molecule has 0 saturated carbocycles. The van der Waals surface area contributed by atoms with Gasteiger partial charge in [-0.3, -0.25) is 0 Å². The molecule has 0 unspecified atom stereocenters. The first-order valence-electron chi connectivity index (χ1n) is 0.894. The maximum atomic E-state index is 7.00. The van der Waals surface area contributed by atoms with Gasteiger partial charge in [-0.1, -0.05) is 0 Å². The van der Waals surface area contributed by atoms with Crippen molar-refractivity contribution >= 4 is 0 Å². The van der Waals surface area contributed by atoms with Crippen molar-refractivity contribution in [2.24, 2.45) is 0 Å². The fraction of sp³-hybridized carbons (Fsp3) is 1.00. The summed E-state index contributed by atoms with van der Waals surface area (Å²) in [5, 5.41) is 14.0. The zero-order valence-corrected chi connectivity index (χ0v) is 5.89. The second-order valence-electron chi connectivity index (χ2n) is 0. The normalized spacial score (nSPS) is 2.40. The van der Waals surface area contributed by atoms with Crippen LogP contribution in [-0.2, 0) is 0 Å². The Balaban J connectivity index is -0.0000000133. The van der Waals surface area contributed by atoms with E-state index in [4.69, 9.17) is 10.2 Å². The van der Waals surface area contributed by atoms with E-state index in [1.165, 1.54) is 0 Å². The molecule has 0 aliphatic carbocycles. The molecule has 0 aliphatic rings. The van der Waals surface area contributed by atoms with Crippen molar-refractivity contribution in [1.82, 2.24) is 0 Å². The van der Waals surface area contributed by atoms with Crippen molar-refractivity contribution in [1.29, 1.82) is 0 Å². The van der Waals surface area contributed by atoms with Crippen LogP contribution in [0.25, 0.3) is 0 Å². The molecular weight excluding hydrogens is 79.0 g/mol. The SMILES string of the molecule is CO.CO.[Na+].